The molecule has 1 atom stereocenters. The van der Waals surface area contributed by atoms with Crippen LogP contribution in [0.2, 0.25) is 5.15 Å². The van der Waals surface area contributed by atoms with Gasteiger partial charge >= 0.3 is 12.2 Å². The van der Waals surface area contributed by atoms with Crippen LogP contribution in [0.5, 0.6) is 0 Å². The van der Waals surface area contributed by atoms with Gasteiger partial charge in [0.25, 0.3) is 5.56 Å². The highest BCUT2D eigenvalue weighted by Gasteiger charge is 2.32. The molecule has 0 radical (unpaired) electrons. The van der Waals surface area contributed by atoms with Gasteiger partial charge in [0.2, 0.25) is 0 Å². The van der Waals surface area contributed by atoms with E-state index < -0.39 is 35.1 Å². The number of halogens is 4. The van der Waals surface area contributed by atoms with Gasteiger partial charge < -0.3 is 19.9 Å². The first-order chi connectivity index (χ1) is 14.0. The molecule has 0 aromatic carbocycles. The lowest BCUT2D eigenvalue weighted by molar-refractivity contribution is -0.138. The minimum atomic E-state index is -4.69. The third kappa shape index (κ3) is 4.24. The molecule has 3 aromatic heterocycles. The SMILES string of the molecule is CO[C@@H](C)c1c(NC(=O)Nc2cc(C(F)(F)F)cn(C)c2=O)cnc2cc(Cl)nn12. The number of carbonyl (C=O) groups is 1. The maximum atomic E-state index is 13.0. The molecule has 0 aliphatic rings. The van der Waals surface area contributed by atoms with Gasteiger partial charge in [-0.2, -0.15) is 18.3 Å². The Morgan fingerprint density at radius 2 is 1.93 bits per heavy atom. The first-order valence-electron chi connectivity index (χ1n) is 8.44. The molecule has 2 N–H and O–H groups in total. The normalized spacial score (nSPS) is 12.8. The Labute approximate surface area is 172 Å². The van der Waals surface area contributed by atoms with Gasteiger partial charge in [-0.25, -0.2) is 14.3 Å². The Morgan fingerprint density at radius 1 is 1.27 bits per heavy atom. The van der Waals surface area contributed by atoms with E-state index in [2.05, 4.69) is 20.7 Å². The number of nitrogens with zero attached hydrogens (tertiary/aromatic N) is 4. The lowest BCUT2D eigenvalue weighted by Gasteiger charge is -2.17. The maximum Gasteiger partial charge on any atom is 0.417 e. The van der Waals surface area contributed by atoms with Crippen molar-refractivity contribution in [3.63, 3.8) is 0 Å². The molecule has 0 spiro atoms. The molecule has 160 valence electrons. The van der Waals surface area contributed by atoms with Crippen LogP contribution in [0.3, 0.4) is 0 Å². The summed E-state index contributed by atoms with van der Waals surface area (Å²) >= 11 is 5.91. The van der Waals surface area contributed by atoms with E-state index in [9.17, 15) is 22.8 Å². The third-order valence-corrected chi connectivity index (χ3v) is 4.42. The predicted molar refractivity (Wildman–Crippen MR) is 103 cm³/mol. The fourth-order valence-corrected chi connectivity index (χ4v) is 2.93. The Bertz CT molecular complexity index is 1170. The van der Waals surface area contributed by atoms with Gasteiger partial charge in [-0.05, 0) is 13.0 Å². The van der Waals surface area contributed by atoms with Gasteiger partial charge in [-0.3, -0.25) is 4.79 Å². The number of anilines is 2. The van der Waals surface area contributed by atoms with E-state index in [1.807, 2.05) is 0 Å². The minimum Gasteiger partial charge on any atom is -0.375 e. The number of pyridine rings is 1. The van der Waals surface area contributed by atoms with Crippen LogP contribution >= 0.6 is 11.6 Å². The summed E-state index contributed by atoms with van der Waals surface area (Å²) in [6.45, 7) is 1.69. The summed E-state index contributed by atoms with van der Waals surface area (Å²) in [6, 6.07) is 1.12. The average Bonchev–Trinajstić information content (AvgIpc) is 3.03. The molecule has 0 aliphatic carbocycles. The number of hydrogen-bond acceptors (Lipinski definition) is 5. The molecule has 0 fully saturated rings. The first-order valence-corrected chi connectivity index (χ1v) is 8.82. The standard InChI is InChI=1S/C17H16ClF3N6O3/c1-8(30-3)14-11(6-22-13-5-12(18)25-27(13)14)24-16(29)23-10-4-9(17(19,20)21)7-26(2)15(10)28/h4-8H,1-3H3,(H2,23,24,29)/t8-/m0/s1. The van der Waals surface area contributed by atoms with Crippen LogP contribution in [0.4, 0.5) is 29.3 Å². The number of aromatic nitrogens is 4. The molecule has 9 nitrogen and oxygen atoms in total. The van der Waals surface area contributed by atoms with Crippen molar-refractivity contribution in [3.8, 4) is 0 Å². The molecule has 0 bridgehead atoms. The van der Waals surface area contributed by atoms with Gasteiger partial charge in [-0.15, -0.1) is 0 Å². The number of urea groups is 1. The van der Waals surface area contributed by atoms with Crippen LogP contribution in [-0.4, -0.2) is 32.3 Å². The topological polar surface area (TPSA) is 103 Å². The van der Waals surface area contributed by atoms with Crippen LogP contribution < -0.4 is 16.2 Å². The zero-order valence-corrected chi connectivity index (χ0v) is 16.7. The highest BCUT2D eigenvalue weighted by atomic mass is 35.5. The molecule has 3 aromatic rings. The highest BCUT2D eigenvalue weighted by molar-refractivity contribution is 6.29. The second kappa shape index (κ2) is 7.95. The molecule has 0 saturated heterocycles. The molecular weight excluding hydrogens is 429 g/mol. The van der Waals surface area contributed by atoms with E-state index in [1.165, 1.54) is 23.9 Å². The zero-order chi connectivity index (χ0) is 22.2. The van der Waals surface area contributed by atoms with Crippen molar-refractivity contribution >= 4 is 34.7 Å². The number of rotatable bonds is 4. The van der Waals surface area contributed by atoms with Crippen LogP contribution in [0.25, 0.3) is 5.65 Å². The fraction of sp³-hybridized carbons (Fsp3) is 0.294. The number of hydrogen-bond donors (Lipinski definition) is 2. The minimum absolute atomic E-state index is 0.165. The van der Waals surface area contributed by atoms with Gasteiger partial charge in [0, 0.05) is 26.4 Å². The number of nitrogens with one attached hydrogen (secondary N) is 2. The number of alkyl halides is 3. The largest absolute Gasteiger partial charge is 0.417 e. The van der Waals surface area contributed by atoms with E-state index in [-0.39, 0.29) is 10.8 Å². The van der Waals surface area contributed by atoms with E-state index in [0.29, 0.717) is 23.6 Å². The number of fused-ring (bicyclic) bond motifs is 1. The molecular formula is C17H16ClF3N6O3. The lowest BCUT2D eigenvalue weighted by Crippen LogP contribution is -2.29. The summed E-state index contributed by atoms with van der Waals surface area (Å²) in [5, 5.41) is 8.85. The van der Waals surface area contributed by atoms with E-state index in [4.69, 9.17) is 16.3 Å². The second-order valence-corrected chi connectivity index (χ2v) is 6.69. The van der Waals surface area contributed by atoms with Crippen LogP contribution in [-0.2, 0) is 18.0 Å². The summed E-state index contributed by atoms with van der Waals surface area (Å²) in [7, 11) is 2.59. The summed E-state index contributed by atoms with van der Waals surface area (Å²) in [5.74, 6) is 0. The van der Waals surface area contributed by atoms with Gasteiger partial charge in [0.1, 0.15) is 5.69 Å². The molecule has 0 unspecified atom stereocenters. The third-order valence-electron chi connectivity index (χ3n) is 4.24. The number of ether oxygens (including phenoxy) is 1. The van der Waals surface area contributed by atoms with E-state index >= 15 is 0 Å². The van der Waals surface area contributed by atoms with Gasteiger partial charge in [0.05, 0.1) is 29.2 Å². The van der Waals surface area contributed by atoms with Crippen molar-refractivity contribution in [1.82, 2.24) is 19.2 Å². The summed E-state index contributed by atoms with van der Waals surface area (Å²) < 4.78 is 46.4. The number of amides is 2. The van der Waals surface area contributed by atoms with Crippen LogP contribution in [0.15, 0.2) is 29.3 Å². The molecule has 0 aliphatic heterocycles. The quantitative estimate of drug-likeness (QED) is 0.641. The Morgan fingerprint density at radius 3 is 2.57 bits per heavy atom. The van der Waals surface area contributed by atoms with E-state index in [0.717, 1.165) is 11.6 Å². The zero-order valence-electron chi connectivity index (χ0n) is 15.9. The maximum absolute atomic E-state index is 13.0. The monoisotopic (exact) mass is 444 g/mol. The first kappa shape index (κ1) is 21.6. The van der Waals surface area contributed by atoms with Crippen molar-refractivity contribution in [1.29, 1.82) is 0 Å². The summed E-state index contributed by atoms with van der Waals surface area (Å²) in [6.07, 6.45) is -3.28. The Hall–Kier alpha value is -3.12. The smallest absolute Gasteiger partial charge is 0.375 e. The summed E-state index contributed by atoms with van der Waals surface area (Å²) in [5.41, 5.74) is -1.47. The van der Waals surface area contributed by atoms with Crippen LogP contribution in [0.1, 0.15) is 24.3 Å². The molecule has 0 saturated carbocycles. The van der Waals surface area contributed by atoms with Crippen molar-refractivity contribution in [2.75, 3.05) is 17.7 Å². The fourth-order valence-electron chi connectivity index (χ4n) is 2.75. The number of aryl methyl sites for hydroxylation is 1. The van der Waals surface area contributed by atoms with Gasteiger partial charge in [0.15, 0.2) is 10.8 Å². The van der Waals surface area contributed by atoms with Crippen LogP contribution in [0, 0.1) is 0 Å². The molecule has 2 amide bonds. The number of carbonyl (C=O) groups excluding carboxylic acids is 1. The lowest BCUT2D eigenvalue weighted by atomic mass is 10.2. The van der Waals surface area contributed by atoms with Crippen molar-refractivity contribution < 1.29 is 22.7 Å². The Kier molecular flexibility index (Phi) is 5.72. The van der Waals surface area contributed by atoms with Gasteiger partial charge in [-0.1, -0.05) is 11.6 Å². The molecule has 13 heteroatoms. The second-order valence-electron chi connectivity index (χ2n) is 6.31. The Balaban J connectivity index is 1.95. The predicted octanol–water partition coefficient (Wildman–Crippen LogP) is 3.45. The van der Waals surface area contributed by atoms with Crippen molar-refractivity contribution in [2.24, 2.45) is 7.05 Å². The summed E-state index contributed by atoms with van der Waals surface area (Å²) in [4.78, 5) is 28.7. The molecule has 3 heterocycles. The number of methoxy groups -OCH3 is 1. The molecule has 3 rings (SSSR count). The van der Waals surface area contributed by atoms with E-state index in [1.54, 1.807) is 6.92 Å². The highest BCUT2D eigenvalue weighted by Crippen LogP contribution is 2.30. The molecule has 30 heavy (non-hydrogen) atoms. The van der Waals surface area contributed by atoms with Crippen molar-refractivity contribution in [2.45, 2.75) is 19.2 Å². The average molecular weight is 445 g/mol. The van der Waals surface area contributed by atoms with Crippen molar-refractivity contribution in [3.05, 3.63) is 51.3 Å².